The standard InChI is InChI=1S/C17H20N2O4S/c1-10(2)9-19-16(23)12(7-13(20)21)14(17(19)24-3)15(22)11-5-4-6-18-8-11/h4-6,8,10,17H,7,9H2,1-3H3,(H,20,21)/t17-/m1/s1. The lowest BCUT2D eigenvalue weighted by Gasteiger charge is -2.27. The van der Waals surface area contributed by atoms with Gasteiger partial charge in [-0.3, -0.25) is 19.4 Å². The maximum atomic E-state index is 12.9. The molecule has 1 aromatic heterocycles. The molecule has 1 aliphatic rings. The van der Waals surface area contributed by atoms with Crippen LogP contribution in [-0.2, 0) is 9.59 Å². The first-order chi connectivity index (χ1) is 11.4. The van der Waals surface area contributed by atoms with Crippen LogP contribution in [0.25, 0.3) is 0 Å². The van der Waals surface area contributed by atoms with Gasteiger partial charge < -0.3 is 10.0 Å². The number of carboxylic acid groups (broad SMARTS) is 1. The summed E-state index contributed by atoms with van der Waals surface area (Å²) in [4.78, 5) is 42.3. The van der Waals surface area contributed by atoms with Crippen molar-refractivity contribution >= 4 is 29.4 Å². The molecule has 6 nitrogen and oxygen atoms in total. The van der Waals surface area contributed by atoms with Gasteiger partial charge >= 0.3 is 5.97 Å². The summed E-state index contributed by atoms with van der Waals surface area (Å²) in [6.07, 6.45) is 4.35. The molecular formula is C17H20N2O4S. The van der Waals surface area contributed by atoms with Gasteiger partial charge in [-0.15, -0.1) is 11.8 Å². The smallest absolute Gasteiger partial charge is 0.308 e. The Morgan fingerprint density at radius 3 is 2.62 bits per heavy atom. The minimum absolute atomic E-state index is 0.0800. The molecule has 1 aromatic rings. The average molecular weight is 348 g/mol. The van der Waals surface area contributed by atoms with Gasteiger partial charge in [-0.05, 0) is 24.3 Å². The van der Waals surface area contributed by atoms with Crippen LogP contribution in [0.1, 0.15) is 30.6 Å². The van der Waals surface area contributed by atoms with E-state index in [1.807, 2.05) is 20.1 Å². The van der Waals surface area contributed by atoms with Crippen molar-refractivity contribution < 1.29 is 19.5 Å². The van der Waals surface area contributed by atoms with Crippen molar-refractivity contribution in [3.05, 3.63) is 41.2 Å². The quantitative estimate of drug-likeness (QED) is 0.760. The van der Waals surface area contributed by atoms with Crippen LogP contribution in [0.2, 0.25) is 0 Å². The van der Waals surface area contributed by atoms with Crippen molar-refractivity contribution in [2.75, 3.05) is 12.8 Å². The molecule has 0 unspecified atom stereocenters. The number of carbonyl (C=O) groups excluding carboxylic acids is 2. The number of ketones is 1. The lowest BCUT2D eigenvalue weighted by atomic mass is 9.99. The van der Waals surface area contributed by atoms with Crippen molar-refractivity contribution in [2.45, 2.75) is 25.6 Å². The minimum Gasteiger partial charge on any atom is -0.481 e. The summed E-state index contributed by atoms with van der Waals surface area (Å²) in [5.41, 5.74) is 0.702. The number of hydrogen-bond acceptors (Lipinski definition) is 5. The number of aromatic nitrogens is 1. The van der Waals surface area contributed by atoms with Crippen LogP contribution >= 0.6 is 11.8 Å². The van der Waals surface area contributed by atoms with E-state index in [2.05, 4.69) is 4.98 Å². The third-order valence-corrected chi connectivity index (χ3v) is 4.59. The second-order valence-corrected chi connectivity index (χ2v) is 6.89. The van der Waals surface area contributed by atoms with Gasteiger partial charge in [0.15, 0.2) is 5.78 Å². The number of nitrogens with zero attached hydrogens (tertiary/aromatic N) is 2. The van der Waals surface area contributed by atoms with Crippen molar-refractivity contribution in [3.8, 4) is 0 Å². The van der Waals surface area contributed by atoms with E-state index < -0.39 is 17.8 Å². The highest BCUT2D eigenvalue weighted by Gasteiger charge is 2.42. The number of thioether (sulfide) groups is 1. The zero-order valence-corrected chi connectivity index (χ0v) is 14.7. The number of carboxylic acids is 1. The van der Waals surface area contributed by atoms with Crippen LogP contribution in [0.15, 0.2) is 35.7 Å². The van der Waals surface area contributed by atoms with Crippen molar-refractivity contribution in [1.82, 2.24) is 9.88 Å². The molecule has 0 saturated heterocycles. The van der Waals surface area contributed by atoms with Crippen molar-refractivity contribution in [2.24, 2.45) is 5.92 Å². The van der Waals surface area contributed by atoms with Crippen LogP contribution in [0.3, 0.4) is 0 Å². The highest BCUT2D eigenvalue weighted by Crippen LogP contribution is 2.36. The fourth-order valence-electron chi connectivity index (χ4n) is 2.74. The molecule has 0 fully saturated rings. The van der Waals surface area contributed by atoms with E-state index in [9.17, 15) is 14.4 Å². The Bertz CT molecular complexity index is 685. The largest absolute Gasteiger partial charge is 0.481 e. The molecule has 2 rings (SSSR count). The number of Topliss-reactive ketones (excluding diaryl/α,β-unsaturated/α-hetero) is 1. The summed E-state index contributed by atoms with van der Waals surface area (Å²) in [6.45, 7) is 4.42. The van der Waals surface area contributed by atoms with Gasteiger partial charge in [-0.25, -0.2) is 0 Å². The number of rotatable bonds is 7. The van der Waals surface area contributed by atoms with Gasteiger partial charge in [0.05, 0.1) is 6.42 Å². The van der Waals surface area contributed by atoms with Gasteiger partial charge in [0.2, 0.25) is 0 Å². The first-order valence-corrected chi connectivity index (χ1v) is 8.89. The fraction of sp³-hybridized carbons (Fsp3) is 0.412. The van der Waals surface area contributed by atoms with E-state index in [0.717, 1.165) is 0 Å². The molecule has 24 heavy (non-hydrogen) atoms. The number of pyridine rings is 1. The maximum Gasteiger partial charge on any atom is 0.308 e. The van der Waals surface area contributed by atoms with Gasteiger partial charge in [-0.1, -0.05) is 13.8 Å². The maximum absolute atomic E-state index is 12.9. The molecule has 7 heteroatoms. The Labute approximate surface area is 144 Å². The van der Waals surface area contributed by atoms with Crippen LogP contribution < -0.4 is 0 Å². The van der Waals surface area contributed by atoms with Gasteiger partial charge in [0.25, 0.3) is 5.91 Å². The predicted octanol–water partition coefficient (Wildman–Crippen LogP) is 2.22. The molecule has 0 aliphatic carbocycles. The third kappa shape index (κ3) is 3.67. The predicted molar refractivity (Wildman–Crippen MR) is 91.7 cm³/mol. The first kappa shape index (κ1) is 18.2. The zero-order chi connectivity index (χ0) is 17.9. The first-order valence-electron chi connectivity index (χ1n) is 7.60. The van der Waals surface area contributed by atoms with Gasteiger partial charge in [0, 0.05) is 35.6 Å². The Morgan fingerprint density at radius 2 is 2.12 bits per heavy atom. The number of carbonyl (C=O) groups is 3. The van der Waals surface area contributed by atoms with Crippen LogP contribution in [0, 0.1) is 5.92 Å². The summed E-state index contributed by atoms with van der Waals surface area (Å²) in [5, 5.41) is 8.68. The second-order valence-electron chi connectivity index (χ2n) is 5.97. The summed E-state index contributed by atoms with van der Waals surface area (Å²) in [7, 11) is 0. The molecule has 1 atom stereocenters. The summed E-state index contributed by atoms with van der Waals surface area (Å²) >= 11 is 1.36. The van der Waals surface area contributed by atoms with E-state index in [1.54, 1.807) is 23.2 Å². The molecule has 1 N–H and O–H groups in total. The highest BCUT2D eigenvalue weighted by atomic mass is 32.2. The molecule has 0 aromatic carbocycles. The topological polar surface area (TPSA) is 87.6 Å². The van der Waals surface area contributed by atoms with Crippen molar-refractivity contribution in [1.29, 1.82) is 0 Å². The summed E-state index contributed by atoms with van der Waals surface area (Å²) in [6, 6.07) is 3.26. The number of aliphatic carboxylic acids is 1. The van der Waals surface area contributed by atoms with E-state index in [0.29, 0.717) is 12.1 Å². The SMILES string of the molecule is CS[C@@H]1C(C(=O)c2cccnc2)=C(CC(=O)O)C(=O)N1CC(C)C. The van der Waals surface area contributed by atoms with Crippen molar-refractivity contribution in [3.63, 3.8) is 0 Å². The van der Waals surface area contributed by atoms with Crippen LogP contribution in [-0.4, -0.2) is 50.8 Å². The van der Waals surface area contributed by atoms with Crippen LogP contribution in [0.4, 0.5) is 0 Å². The summed E-state index contributed by atoms with van der Waals surface area (Å²) < 4.78 is 0. The Balaban J connectivity index is 2.50. The normalized spacial score (nSPS) is 17.8. The Hall–Kier alpha value is -2.15. The monoisotopic (exact) mass is 348 g/mol. The lowest BCUT2D eigenvalue weighted by molar-refractivity contribution is -0.137. The van der Waals surface area contributed by atoms with E-state index in [1.165, 1.54) is 18.0 Å². The molecule has 0 bridgehead atoms. The van der Waals surface area contributed by atoms with E-state index in [4.69, 9.17) is 5.11 Å². The van der Waals surface area contributed by atoms with E-state index in [-0.39, 0.29) is 28.8 Å². The second kappa shape index (κ2) is 7.61. The third-order valence-electron chi connectivity index (χ3n) is 3.66. The van der Waals surface area contributed by atoms with Gasteiger partial charge in [0.1, 0.15) is 5.37 Å². The molecule has 0 spiro atoms. The molecule has 128 valence electrons. The highest BCUT2D eigenvalue weighted by molar-refractivity contribution is 7.99. The van der Waals surface area contributed by atoms with Crippen LogP contribution in [0.5, 0.6) is 0 Å². The summed E-state index contributed by atoms with van der Waals surface area (Å²) in [5.74, 6) is -1.61. The van der Waals surface area contributed by atoms with E-state index >= 15 is 0 Å². The number of hydrogen-bond donors (Lipinski definition) is 1. The minimum atomic E-state index is -1.12. The molecule has 1 aliphatic heterocycles. The Kier molecular flexibility index (Phi) is 5.77. The molecular weight excluding hydrogens is 328 g/mol. The molecule has 0 radical (unpaired) electrons. The Morgan fingerprint density at radius 1 is 1.42 bits per heavy atom. The number of amides is 1. The fourth-order valence-corrected chi connectivity index (χ4v) is 3.66. The average Bonchev–Trinajstić information content (AvgIpc) is 2.79. The molecule has 2 heterocycles. The molecule has 0 saturated carbocycles. The van der Waals surface area contributed by atoms with Gasteiger partial charge in [-0.2, -0.15) is 0 Å². The lowest BCUT2D eigenvalue weighted by Crippen LogP contribution is -2.37. The zero-order valence-electron chi connectivity index (χ0n) is 13.9. The molecule has 1 amide bonds.